The van der Waals surface area contributed by atoms with E-state index in [4.69, 9.17) is 5.11 Å². The highest BCUT2D eigenvalue weighted by atomic mass is 32.2. The lowest BCUT2D eigenvalue weighted by atomic mass is 10.2. The lowest BCUT2D eigenvalue weighted by molar-refractivity contribution is -0.136. The van der Waals surface area contributed by atoms with Crippen LogP contribution in [0.4, 0.5) is 0 Å². The van der Waals surface area contributed by atoms with E-state index >= 15 is 0 Å². The minimum atomic E-state index is -0.714. The van der Waals surface area contributed by atoms with E-state index in [-0.39, 0.29) is 5.25 Å². The quantitative estimate of drug-likeness (QED) is 0.806. The lowest BCUT2D eigenvalue weighted by Crippen LogP contribution is -2.15. The Bertz CT molecular complexity index is 303. The van der Waals surface area contributed by atoms with Gasteiger partial charge in [-0.1, -0.05) is 13.0 Å². The Balaban J connectivity index is 2.30. The van der Waals surface area contributed by atoms with Gasteiger partial charge in [-0.3, -0.25) is 9.78 Å². The summed E-state index contributed by atoms with van der Waals surface area (Å²) in [5, 5.41) is 8.56. The third-order valence-electron chi connectivity index (χ3n) is 2.08. The number of pyridine rings is 1. The average Bonchev–Trinajstić information content (AvgIpc) is 2.25. The SMILES string of the molecule is CCC(SCCc1cccnc1)C(=O)O. The molecule has 0 spiro atoms. The van der Waals surface area contributed by atoms with Crippen LogP contribution < -0.4 is 0 Å². The van der Waals surface area contributed by atoms with Crippen molar-refractivity contribution in [1.82, 2.24) is 4.98 Å². The highest BCUT2D eigenvalue weighted by Gasteiger charge is 2.14. The second-order valence-corrected chi connectivity index (χ2v) is 4.53. The van der Waals surface area contributed by atoms with Gasteiger partial charge in [0.15, 0.2) is 0 Å². The normalized spacial score (nSPS) is 12.3. The first-order chi connectivity index (χ1) is 7.24. The number of carbonyl (C=O) groups is 1. The first-order valence-corrected chi connectivity index (χ1v) is 6.02. The van der Waals surface area contributed by atoms with E-state index in [9.17, 15) is 4.79 Å². The number of aliphatic carboxylic acids is 1. The zero-order valence-corrected chi connectivity index (χ0v) is 9.54. The maximum Gasteiger partial charge on any atom is 0.316 e. The lowest BCUT2D eigenvalue weighted by Gasteiger charge is -2.08. The number of aromatic nitrogens is 1. The van der Waals surface area contributed by atoms with Crippen LogP contribution in [0.5, 0.6) is 0 Å². The van der Waals surface area contributed by atoms with Crippen molar-refractivity contribution in [3.8, 4) is 0 Å². The zero-order valence-electron chi connectivity index (χ0n) is 8.72. The zero-order chi connectivity index (χ0) is 11.1. The molecule has 0 bridgehead atoms. The topological polar surface area (TPSA) is 50.2 Å². The summed E-state index contributed by atoms with van der Waals surface area (Å²) in [4.78, 5) is 14.8. The molecular weight excluding hydrogens is 210 g/mol. The van der Waals surface area contributed by atoms with E-state index in [1.807, 2.05) is 25.3 Å². The predicted octanol–water partition coefficient (Wildman–Crippen LogP) is 2.22. The van der Waals surface area contributed by atoms with Crippen LogP contribution in [-0.2, 0) is 11.2 Å². The molecule has 1 rings (SSSR count). The van der Waals surface area contributed by atoms with Gasteiger partial charge in [0.1, 0.15) is 5.25 Å². The number of hydrogen-bond acceptors (Lipinski definition) is 3. The maximum absolute atomic E-state index is 10.7. The van der Waals surface area contributed by atoms with Crippen LogP contribution in [0.2, 0.25) is 0 Å². The molecule has 0 fully saturated rings. The fraction of sp³-hybridized carbons (Fsp3) is 0.455. The molecule has 15 heavy (non-hydrogen) atoms. The molecule has 0 saturated heterocycles. The maximum atomic E-state index is 10.7. The van der Waals surface area contributed by atoms with Crippen molar-refractivity contribution in [3.05, 3.63) is 30.1 Å². The monoisotopic (exact) mass is 225 g/mol. The summed E-state index contributed by atoms with van der Waals surface area (Å²) in [6, 6.07) is 3.91. The van der Waals surface area contributed by atoms with Gasteiger partial charge in [0.25, 0.3) is 0 Å². The first kappa shape index (κ1) is 12.0. The molecule has 0 aromatic carbocycles. The summed E-state index contributed by atoms with van der Waals surface area (Å²) < 4.78 is 0. The molecule has 0 radical (unpaired) electrons. The molecule has 1 aromatic heterocycles. The molecule has 0 aliphatic carbocycles. The van der Waals surface area contributed by atoms with E-state index in [1.54, 1.807) is 6.20 Å². The van der Waals surface area contributed by atoms with E-state index in [1.165, 1.54) is 11.8 Å². The van der Waals surface area contributed by atoms with Crippen molar-refractivity contribution in [2.24, 2.45) is 0 Å². The van der Waals surface area contributed by atoms with E-state index < -0.39 is 5.97 Å². The van der Waals surface area contributed by atoms with Crippen LogP contribution in [0.3, 0.4) is 0 Å². The molecular formula is C11H15NO2S. The fourth-order valence-corrected chi connectivity index (χ4v) is 2.25. The number of hydrogen-bond donors (Lipinski definition) is 1. The smallest absolute Gasteiger partial charge is 0.316 e. The van der Waals surface area contributed by atoms with E-state index in [2.05, 4.69) is 4.98 Å². The summed E-state index contributed by atoms with van der Waals surface area (Å²) >= 11 is 1.50. The number of carboxylic acids is 1. The Labute approximate surface area is 93.9 Å². The first-order valence-electron chi connectivity index (χ1n) is 4.97. The van der Waals surface area contributed by atoms with Gasteiger partial charge in [0, 0.05) is 12.4 Å². The summed E-state index contributed by atoms with van der Waals surface area (Å²) in [5.41, 5.74) is 1.16. The summed E-state index contributed by atoms with van der Waals surface area (Å²) in [6.07, 6.45) is 5.11. The highest BCUT2D eigenvalue weighted by molar-refractivity contribution is 8.00. The van der Waals surface area contributed by atoms with Gasteiger partial charge in [-0.25, -0.2) is 0 Å². The molecule has 1 unspecified atom stereocenters. The van der Waals surface area contributed by atoms with Crippen molar-refractivity contribution in [2.75, 3.05) is 5.75 Å². The van der Waals surface area contributed by atoms with Crippen molar-refractivity contribution in [2.45, 2.75) is 25.0 Å². The van der Waals surface area contributed by atoms with Crippen molar-refractivity contribution in [3.63, 3.8) is 0 Å². The molecule has 0 amide bonds. The number of nitrogens with zero attached hydrogens (tertiary/aromatic N) is 1. The van der Waals surface area contributed by atoms with Gasteiger partial charge >= 0.3 is 5.97 Å². The highest BCUT2D eigenvalue weighted by Crippen LogP contribution is 2.16. The predicted molar refractivity (Wildman–Crippen MR) is 62.1 cm³/mol. The standard InChI is InChI=1S/C11H15NO2S/c1-2-10(11(13)14)15-7-5-9-4-3-6-12-8-9/h3-4,6,8,10H,2,5,7H2,1H3,(H,13,14). The van der Waals surface area contributed by atoms with E-state index in [0.717, 1.165) is 17.7 Å². The molecule has 1 atom stereocenters. The van der Waals surface area contributed by atoms with Crippen molar-refractivity contribution < 1.29 is 9.90 Å². The Kier molecular flexibility index (Phi) is 5.18. The van der Waals surface area contributed by atoms with Crippen LogP contribution >= 0.6 is 11.8 Å². The number of rotatable bonds is 6. The molecule has 0 aliphatic rings. The summed E-state index contributed by atoms with van der Waals surface area (Å²) in [5.74, 6) is 0.116. The minimum absolute atomic E-state index is 0.276. The third kappa shape index (κ3) is 4.34. The fourth-order valence-electron chi connectivity index (χ4n) is 1.23. The van der Waals surface area contributed by atoms with Gasteiger partial charge in [0.05, 0.1) is 0 Å². The summed E-state index contributed by atoms with van der Waals surface area (Å²) in [7, 11) is 0. The number of thioether (sulfide) groups is 1. The molecule has 3 nitrogen and oxygen atoms in total. The minimum Gasteiger partial charge on any atom is -0.480 e. The van der Waals surface area contributed by atoms with Crippen molar-refractivity contribution in [1.29, 1.82) is 0 Å². The Morgan fingerprint density at radius 1 is 1.67 bits per heavy atom. The molecule has 82 valence electrons. The molecule has 1 aromatic rings. The van der Waals surface area contributed by atoms with Crippen LogP contribution in [0.15, 0.2) is 24.5 Å². The Morgan fingerprint density at radius 2 is 2.47 bits per heavy atom. The molecule has 0 aliphatic heterocycles. The second-order valence-electron chi connectivity index (χ2n) is 3.22. The van der Waals surface area contributed by atoms with E-state index in [0.29, 0.717) is 6.42 Å². The molecule has 0 saturated carbocycles. The van der Waals surface area contributed by atoms with Crippen LogP contribution in [0, 0.1) is 0 Å². The largest absolute Gasteiger partial charge is 0.480 e. The number of carboxylic acid groups (broad SMARTS) is 1. The molecule has 1 heterocycles. The van der Waals surface area contributed by atoms with Crippen LogP contribution in [0.1, 0.15) is 18.9 Å². The van der Waals surface area contributed by atoms with Crippen LogP contribution in [-0.4, -0.2) is 27.1 Å². The Hall–Kier alpha value is -1.03. The van der Waals surface area contributed by atoms with Crippen molar-refractivity contribution >= 4 is 17.7 Å². The van der Waals surface area contributed by atoms with Gasteiger partial charge in [-0.05, 0) is 30.2 Å². The third-order valence-corrected chi connectivity index (χ3v) is 3.46. The second kappa shape index (κ2) is 6.45. The Morgan fingerprint density at radius 3 is 3.00 bits per heavy atom. The van der Waals surface area contributed by atoms with Gasteiger partial charge < -0.3 is 5.11 Å². The molecule has 4 heteroatoms. The number of aryl methyl sites for hydroxylation is 1. The van der Waals surface area contributed by atoms with Gasteiger partial charge in [0.2, 0.25) is 0 Å². The average molecular weight is 225 g/mol. The van der Waals surface area contributed by atoms with Gasteiger partial charge in [-0.2, -0.15) is 0 Å². The summed E-state index contributed by atoms with van der Waals surface area (Å²) in [6.45, 7) is 1.90. The van der Waals surface area contributed by atoms with Crippen LogP contribution in [0.25, 0.3) is 0 Å². The molecule has 1 N–H and O–H groups in total. The van der Waals surface area contributed by atoms with Gasteiger partial charge in [-0.15, -0.1) is 11.8 Å².